The van der Waals surface area contributed by atoms with Crippen molar-refractivity contribution in [2.75, 3.05) is 17.1 Å². The van der Waals surface area contributed by atoms with Crippen molar-refractivity contribution in [2.45, 2.75) is 59.2 Å². The second kappa shape index (κ2) is 12.5. The number of carbonyl (C=O) groups is 2. The molecule has 2 aromatic rings. The highest BCUT2D eigenvalue weighted by atomic mass is 32.2. The summed E-state index contributed by atoms with van der Waals surface area (Å²) in [5.41, 5.74) is 1.44. The minimum absolute atomic E-state index is 0.00648. The van der Waals surface area contributed by atoms with Gasteiger partial charge >= 0.3 is 0 Å². The molecule has 0 spiro atoms. The van der Waals surface area contributed by atoms with Crippen LogP contribution in [-0.4, -0.2) is 54.9 Å². The van der Waals surface area contributed by atoms with Crippen LogP contribution in [0.15, 0.2) is 48.5 Å². The zero-order chi connectivity index (χ0) is 27.0. The van der Waals surface area contributed by atoms with Crippen LogP contribution in [0.4, 0.5) is 11.4 Å². The van der Waals surface area contributed by atoms with E-state index < -0.39 is 33.4 Å². The number of benzene rings is 2. The maximum absolute atomic E-state index is 13.7. The highest BCUT2D eigenvalue weighted by molar-refractivity contribution is 7.92. The van der Waals surface area contributed by atoms with Gasteiger partial charge in [0, 0.05) is 24.7 Å². The summed E-state index contributed by atoms with van der Waals surface area (Å²) in [4.78, 5) is 38.8. The second-order valence-electron chi connectivity index (χ2n) is 8.74. The molecule has 2 rings (SSSR count). The highest BCUT2D eigenvalue weighted by Gasteiger charge is 2.32. The third-order valence-corrected chi connectivity index (χ3v) is 7.14. The summed E-state index contributed by atoms with van der Waals surface area (Å²) in [5, 5.41) is 14.1. The smallest absolute Gasteiger partial charge is 0.271 e. The van der Waals surface area contributed by atoms with Crippen molar-refractivity contribution >= 4 is 33.2 Å². The number of aryl methyl sites for hydroxylation is 1. The number of carbonyl (C=O) groups excluding carboxylic acids is 2. The van der Waals surface area contributed by atoms with Crippen LogP contribution >= 0.6 is 0 Å². The van der Waals surface area contributed by atoms with E-state index in [1.54, 1.807) is 6.92 Å². The number of nitro groups is 1. The zero-order valence-electron chi connectivity index (χ0n) is 21.3. The van der Waals surface area contributed by atoms with Crippen LogP contribution in [0.3, 0.4) is 0 Å². The van der Waals surface area contributed by atoms with Crippen molar-refractivity contribution in [1.82, 2.24) is 10.2 Å². The molecule has 1 N–H and O–H groups in total. The molecule has 0 radical (unpaired) electrons. The van der Waals surface area contributed by atoms with Crippen LogP contribution in [0.5, 0.6) is 0 Å². The van der Waals surface area contributed by atoms with Crippen LogP contribution in [0, 0.1) is 17.0 Å². The highest BCUT2D eigenvalue weighted by Crippen LogP contribution is 2.24. The standard InChI is InChI=1S/C25H34N4O6S/c1-6-19(4)26-25(31)23(7-2)27(16-20-12-9-8-11-18(20)3)24(30)17-28(36(5,34)35)21-13-10-14-22(15-21)29(32)33/h8-15,19,23H,6-7,16-17H2,1-5H3,(H,26,31)/t19-,23+/m1/s1. The van der Waals surface area contributed by atoms with Crippen molar-refractivity contribution in [2.24, 2.45) is 0 Å². The lowest BCUT2D eigenvalue weighted by Gasteiger charge is -2.33. The van der Waals surface area contributed by atoms with Gasteiger partial charge in [0.1, 0.15) is 12.6 Å². The third kappa shape index (κ3) is 7.51. The fraction of sp³-hybridized carbons (Fsp3) is 0.440. The molecule has 196 valence electrons. The van der Waals surface area contributed by atoms with Crippen LogP contribution in [-0.2, 0) is 26.2 Å². The number of hydrogen-bond acceptors (Lipinski definition) is 6. The fourth-order valence-electron chi connectivity index (χ4n) is 3.71. The molecule has 0 aliphatic rings. The molecule has 0 unspecified atom stereocenters. The molecule has 2 aromatic carbocycles. The van der Waals surface area contributed by atoms with Gasteiger partial charge in [0.25, 0.3) is 5.69 Å². The average molecular weight is 519 g/mol. The molecule has 0 fully saturated rings. The number of sulfonamides is 1. The van der Waals surface area contributed by atoms with Gasteiger partial charge in [0.05, 0.1) is 16.9 Å². The lowest BCUT2D eigenvalue weighted by Crippen LogP contribution is -2.53. The summed E-state index contributed by atoms with van der Waals surface area (Å²) in [5.74, 6) is -0.920. The topological polar surface area (TPSA) is 130 Å². The van der Waals surface area contributed by atoms with E-state index in [-0.39, 0.29) is 29.9 Å². The Kier molecular flexibility index (Phi) is 9.97. The predicted octanol–water partition coefficient (Wildman–Crippen LogP) is 3.39. The van der Waals surface area contributed by atoms with Crippen LogP contribution < -0.4 is 9.62 Å². The van der Waals surface area contributed by atoms with Gasteiger partial charge in [-0.2, -0.15) is 0 Å². The molecule has 0 aromatic heterocycles. The molecule has 0 aliphatic heterocycles. The summed E-state index contributed by atoms with van der Waals surface area (Å²) in [6, 6.07) is 11.6. The molecular formula is C25H34N4O6S. The van der Waals surface area contributed by atoms with E-state index in [4.69, 9.17) is 0 Å². The van der Waals surface area contributed by atoms with E-state index in [1.165, 1.54) is 23.1 Å². The molecular weight excluding hydrogens is 484 g/mol. The molecule has 10 nitrogen and oxygen atoms in total. The number of anilines is 1. The van der Waals surface area contributed by atoms with E-state index >= 15 is 0 Å². The maximum Gasteiger partial charge on any atom is 0.271 e. The van der Waals surface area contributed by atoms with Crippen LogP contribution in [0.25, 0.3) is 0 Å². The largest absolute Gasteiger partial charge is 0.352 e. The number of amides is 2. The Bertz CT molecular complexity index is 1200. The first-order valence-corrected chi connectivity index (χ1v) is 13.6. The molecule has 0 saturated heterocycles. The third-order valence-electron chi connectivity index (χ3n) is 6.00. The lowest BCUT2D eigenvalue weighted by molar-refractivity contribution is -0.384. The van der Waals surface area contributed by atoms with E-state index in [0.717, 1.165) is 27.8 Å². The number of hydrogen-bond donors (Lipinski definition) is 1. The summed E-state index contributed by atoms with van der Waals surface area (Å²) in [6.45, 7) is 6.97. The van der Waals surface area contributed by atoms with E-state index in [0.29, 0.717) is 12.8 Å². The van der Waals surface area contributed by atoms with Crippen LogP contribution in [0.1, 0.15) is 44.7 Å². The molecule has 0 bridgehead atoms. The Morgan fingerprint density at radius 3 is 2.31 bits per heavy atom. The van der Waals surface area contributed by atoms with Crippen molar-refractivity contribution in [3.63, 3.8) is 0 Å². The number of nitrogens with one attached hydrogen (secondary N) is 1. The monoisotopic (exact) mass is 518 g/mol. The Morgan fingerprint density at radius 1 is 1.08 bits per heavy atom. The van der Waals surface area contributed by atoms with Crippen molar-refractivity contribution in [1.29, 1.82) is 0 Å². The number of rotatable bonds is 12. The summed E-state index contributed by atoms with van der Waals surface area (Å²) in [7, 11) is -3.98. The second-order valence-corrected chi connectivity index (χ2v) is 10.6. The number of non-ortho nitro benzene ring substituents is 1. The van der Waals surface area contributed by atoms with E-state index in [9.17, 15) is 28.1 Å². The Hall–Kier alpha value is -3.47. The molecule has 11 heteroatoms. The molecule has 36 heavy (non-hydrogen) atoms. The van der Waals surface area contributed by atoms with Gasteiger partial charge in [-0.15, -0.1) is 0 Å². The SMILES string of the molecule is CC[C@@H](C)NC(=O)[C@H](CC)N(Cc1ccccc1C)C(=O)CN(c1cccc([N+](=O)[O-])c1)S(C)(=O)=O. The molecule has 2 atom stereocenters. The average Bonchev–Trinajstić information content (AvgIpc) is 2.82. The Morgan fingerprint density at radius 2 is 1.75 bits per heavy atom. The zero-order valence-corrected chi connectivity index (χ0v) is 22.1. The molecule has 0 aliphatic carbocycles. The van der Waals surface area contributed by atoms with Gasteiger partial charge in [-0.05, 0) is 43.9 Å². The quantitative estimate of drug-likeness (QED) is 0.339. The molecule has 0 heterocycles. The predicted molar refractivity (Wildman–Crippen MR) is 139 cm³/mol. The maximum atomic E-state index is 13.7. The molecule has 0 saturated carbocycles. The minimum atomic E-state index is -3.98. The van der Waals surface area contributed by atoms with Gasteiger partial charge < -0.3 is 10.2 Å². The first kappa shape index (κ1) is 28.8. The first-order valence-electron chi connectivity index (χ1n) is 11.8. The van der Waals surface area contributed by atoms with Crippen molar-refractivity contribution < 1.29 is 22.9 Å². The van der Waals surface area contributed by atoms with Gasteiger partial charge in [-0.3, -0.25) is 24.0 Å². The normalized spacial score (nSPS) is 12.9. The lowest BCUT2D eigenvalue weighted by atomic mass is 10.1. The van der Waals surface area contributed by atoms with Gasteiger partial charge in [0.15, 0.2) is 0 Å². The summed E-state index contributed by atoms with van der Waals surface area (Å²) in [6.07, 6.45) is 1.95. The summed E-state index contributed by atoms with van der Waals surface area (Å²) >= 11 is 0. The van der Waals surface area contributed by atoms with Gasteiger partial charge in [-0.25, -0.2) is 8.42 Å². The minimum Gasteiger partial charge on any atom is -0.352 e. The first-order chi connectivity index (χ1) is 16.9. The number of nitro benzene ring substituents is 1. The van der Waals surface area contributed by atoms with E-state index in [1.807, 2.05) is 45.0 Å². The fourth-order valence-corrected chi connectivity index (χ4v) is 4.55. The Labute approximate surface area is 212 Å². The van der Waals surface area contributed by atoms with Gasteiger partial charge in [0.2, 0.25) is 21.8 Å². The number of nitrogens with zero attached hydrogens (tertiary/aromatic N) is 3. The van der Waals surface area contributed by atoms with Crippen LogP contribution in [0.2, 0.25) is 0 Å². The summed E-state index contributed by atoms with van der Waals surface area (Å²) < 4.78 is 26.1. The Balaban J connectivity index is 2.49. The van der Waals surface area contributed by atoms with E-state index in [2.05, 4.69) is 5.32 Å². The van der Waals surface area contributed by atoms with Crippen molar-refractivity contribution in [3.8, 4) is 0 Å². The van der Waals surface area contributed by atoms with Crippen molar-refractivity contribution in [3.05, 3.63) is 69.8 Å². The molecule has 2 amide bonds. The van der Waals surface area contributed by atoms with Gasteiger partial charge in [-0.1, -0.05) is 44.2 Å².